The molecule has 1 aliphatic rings. The van der Waals surface area contributed by atoms with Gasteiger partial charge in [0.2, 0.25) is 0 Å². The minimum atomic E-state index is -4.78. The molecule has 6 nitrogen and oxygen atoms in total. The monoisotopic (exact) mass is 277 g/mol. The predicted molar refractivity (Wildman–Crippen MR) is 65.3 cm³/mol. The van der Waals surface area contributed by atoms with Gasteiger partial charge < -0.3 is 5.73 Å². The SMILES string of the molecule is N[C@@H](CC1CCCCC1)C(=O)CC(=O)S(=O)(=O)O. The molecule has 0 aromatic carbocycles. The molecule has 1 aliphatic carbocycles. The number of hydrogen-bond donors (Lipinski definition) is 2. The van der Waals surface area contributed by atoms with Crippen LogP contribution in [-0.4, -0.2) is 29.9 Å². The first-order valence-electron chi connectivity index (χ1n) is 6.09. The Morgan fingerprint density at radius 2 is 1.78 bits per heavy atom. The number of nitrogens with two attached hydrogens (primary N) is 1. The van der Waals surface area contributed by atoms with Crippen molar-refractivity contribution in [2.45, 2.75) is 51.0 Å². The van der Waals surface area contributed by atoms with Crippen molar-refractivity contribution in [2.24, 2.45) is 11.7 Å². The molecule has 1 rings (SSSR count). The fourth-order valence-electron chi connectivity index (χ4n) is 2.28. The summed E-state index contributed by atoms with van der Waals surface area (Å²) in [6, 6.07) is -0.821. The molecule has 0 spiro atoms. The van der Waals surface area contributed by atoms with Gasteiger partial charge >= 0.3 is 10.1 Å². The minimum Gasteiger partial charge on any atom is -0.321 e. The summed E-state index contributed by atoms with van der Waals surface area (Å²) in [5.41, 5.74) is 5.66. The van der Waals surface area contributed by atoms with E-state index in [0.29, 0.717) is 12.3 Å². The van der Waals surface area contributed by atoms with Crippen molar-refractivity contribution in [1.29, 1.82) is 0 Å². The van der Waals surface area contributed by atoms with E-state index in [1.165, 1.54) is 6.42 Å². The molecule has 0 bridgehead atoms. The number of carbonyl (C=O) groups is 2. The van der Waals surface area contributed by atoms with Gasteiger partial charge in [0.15, 0.2) is 5.78 Å². The van der Waals surface area contributed by atoms with Gasteiger partial charge in [0.1, 0.15) is 0 Å². The van der Waals surface area contributed by atoms with E-state index in [9.17, 15) is 18.0 Å². The summed E-state index contributed by atoms with van der Waals surface area (Å²) in [5, 5.41) is -1.48. The van der Waals surface area contributed by atoms with E-state index in [1.54, 1.807) is 0 Å². The lowest BCUT2D eigenvalue weighted by atomic mass is 9.84. The summed E-state index contributed by atoms with van der Waals surface area (Å²) in [7, 11) is -4.78. The number of carbonyl (C=O) groups excluding carboxylic acids is 2. The maximum absolute atomic E-state index is 11.6. The highest BCUT2D eigenvalue weighted by Gasteiger charge is 2.27. The second-order valence-electron chi connectivity index (χ2n) is 4.84. The Balaban J connectivity index is 2.43. The molecule has 18 heavy (non-hydrogen) atoms. The van der Waals surface area contributed by atoms with E-state index >= 15 is 0 Å². The zero-order chi connectivity index (χ0) is 13.8. The van der Waals surface area contributed by atoms with Gasteiger partial charge in [-0.05, 0) is 12.3 Å². The number of hydrogen-bond acceptors (Lipinski definition) is 5. The van der Waals surface area contributed by atoms with Crippen molar-refractivity contribution < 1.29 is 22.6 Å². The molecule has 1 saturated carbocycles. The van der Waals surface area contributed by atoms with Crippen LogP contribution in [0.25, 0.3) is 0 Å². The molecule has 0 unspecified atom stereocenters. The lowest BCUT2D eigenvalue weighted by molar-refractivity contribution is -0.125. The van der Waals surface area contributed by atoms with E-state index in [1.807, 2.05) is 0 Å². The third kappa shape index (κ3) is 4.83. The van der Waals surface area contributed by atoms with Crippen LogP contribution in [0.3, 0.4) is 0 Å². The Morgan fingerprint density at radius 1 is 1.22 bits per heavy atom. The van der Waals surface area contributed by atoms with E-state index in [-0.39, 0.29) is 0 Å². The fourth-order valence-corrected chi connectivity index (χ4v) is 2.60. The van der Waals surface area contributed by atoms with Crippen molar-refractivity contribution in [3.05, 3.63) is 0 Å². The molecule has 1 fully saturated rings. The summed E-state index contributed by atoms with van der Waals surface area (Å²) in [6.07, 6.45) is 5.12. The van der Waals surface area contributed by atoms with Gasteiger partial charge in [-0.1, -0.05) is 32.1 Å². The van der Waals surface area contributed by atoms with Crippen LogP contribution in [-0.2, 0) is 19.7 Å². The van der Waals surface area contributed by atoms with Gasteiger partial charge in [0.25, 0.3) is 5.12 Å². The Kier molecular flexibility index (Phi) is 5.43. The molecule has 0 radical (unpaired) electrons. The van der Waals surface area contributed by atoms with Gasteiger partial charge in [-0.15, -0.1) is 0 Å². The smallest absolute Gasteiger partial charge is 0.321 e. The third-order valence-corrected chi connectivity index (χ3v) is 4.05. The zero-order valence-corrected chi connectivity index (χ0v) is 11.0. The van der Waals surface area contributed by atoms with Crippen LogP contribution >= 0.6 is 0 Å². The van der Waals surface area contributed by atoms with Crippen LogP contribution in [0.2, 0.25) is 0 Å². The predicted octanol–water partition coefficient (Wildman–Crippen LogP) is 0.658. The van der Waals surface area contributed by atoms with E-state index in [0.717, 1.165) is 25.7 Å². The maximum atomic E-state index is 11.6. The van der Waals surface area contributed by atoms with Crippen LogP contribution in [0.15, 0.2) is 0 Å². The molecule has 104 valence electrons. The number of ketones is 1. The Morgan fingerprint density at radius 3 is 2.28 bits per heavy atom. The van der Waals surface area contributed by atoms with E-state index in [2.05, 4.69) is 0 Å². The standard InChI is InChI=1S/C11H19NO5S/c12-9(6-8-4-2-1-3-5-8)10(13)7-11(14)18(15,16)17/h8-9H,1-7,12H2,(H,15,16,17)/t9-/m0/s1. The molecule has 0 saturated heterocycles. The van der Waals surface area contributed by atoms with E-state index in [4.69, 9.17) is 10.3 Å². The summed E-state index contributed by atoms with van der Waals surface area (Å²) in [4.78, 5) is 22.5. The normalized spacial score (nSPS) is 19.4. The first-order chi connectivity index (χ1) is 8.30. The maximum Gasteiger partial charge on any atom is 0.329 e. The molecule has 0 amide bonds. The van der Waals surface area contributed by atoms with Crippen molar-refractivity contribution in [3.63, 3.8) is 0 Å². The molecule has 1 atom stereocenters. The fraction of sp³-hybridized carbons (Fsp3) is 0.818. The van der Waals surface area contributed by atoms with Gasteiger partial charge in [0.05, 0.1) is 12.5 Å². The molecule has 0 aromatic rings. The first kappa shape index (κ1) is 15.3. The van der Waals surface area contributed by atoms with Crippen molar-refractivity contribution >= 4 is 21.0 Å². The lowest BCUT2D eigenvalue weighted by Crippen LogP contribution is -2.35. The van der Waals surface area contributed by atoms with Crippen LogP contribution in [0.4, 0.5) is 0 Å². The van der Waals surface area contributed by atoms with Crippen LogP contribution < -0.4 is 5.73 Å². The Labute approximate surface area is 107 Å². The first-order valence-corrected chi connectivity index (χ1v) is 7.53. The van der Waals surface area contributed by atoms with E-state index < -0.39 is 33.5 Å². The Bertz CT molecular complexity index is 411. The molecule has 7 heteroatoms. The molecular weight excluding hydrogens is 258 g/mol. The summed E-state index contributed by atoms with van der Waals surface area (Å²) < 4.78 is 29.5. The molecule has 3 N–H and O–H groups in total. The number of Topliss-reactive ketones (excluding diaryl/α,β-unsaturated/α-hetero) is 1. The quantitative estimate of drug-likeness (QED) is 0.563. The van der Waals surface area contributed by atoms with Crippen molar-refractivity contribution in [3.8, 4) is 0 Å². The summed E-state index contributed by atoms with van der Waals surface area (Å²) in [6.45, 7) is 0. The van der Waals surface area contributed by atoms with Crippen LogP contribution in [0.5, 0.6) is 0 Å². The lowest BCUT2D eigenvalue weighted by Gasteiger charge is -2.23. The highest BCUT2D eigenvalue weighted by Crippen LogP contribution is 2.27. The van der Waals surface area contributed by atoms with Crippen LogP contribution in [0.1, 0.15) is 44.9 Å². The number of rotatable bonds is 5. The average molecular weight is 277 g/mol. The van der Waals surface area contributed by atoms with Crippen molar-refractivity contribution in [1.82, 2.24) is 0 Å². The van der Waals surface area contributed by atoms with Crippen LogP contribution in [0, 0.1) is 5.92 Å². The van der Waals surface area contributed by atoms with Gasteiger partial charge in [-0.25, -0.2) is 0 Å². The van der Waals surface area contributed by atoms with Gasteiger partial charge in [-0.2, -0.15) is 8.42 Å². The second kappa shape index (κ2) is 6.40. The summed E-state index contributed by atoms with van der Waals surface area (Å²) >= 11 is 0. The minimum absolute atomic E-state index is 0.374. The third-order valence-electron chi connectivity index (χ3n) is 3.33. The Hall–Kier alpha value is -0.790. The summed E-state index contributed by atoms with van der Waals surface area (Å²) in [5.74, 6) is -0.248. The topological polar surface area (TPSA) is 115 Å². The van der Waals surface area contributed by atoms with Crippen molar-refractivity contribution in [2.75, 3.05) is 0 Å². The zero-order valence-electron chi connectivity index (χ0n) is 10.2. The van der Waals surface area contributed by atoms with Gasteiger partial charge in [0, 0.05) is 0 Å². The van der Waals surface area contributed by atoms with Gasteiger partial charge in [-0.3, -0.25) is 14.1 Å². The second-order valence-corrected chi connectivity index (χ2v) is 6.24. The largest absolute Gasteiger partial charge is 0.329 e. The highest BCUT2D eigenvalue weighted by molar-refractivity contribution is 8.01. The average Bonchev–Trinajstić information content (AvgIpc) is 2.28. The molecule has 0 heterocycles. The molecule has 0 aromatic heterocycles. The molecular formula is C11H19NO5S. The highest BCUT2D eigenvalue weighted by atomic mass is 32.2. The molecule has 0 aliphatic heterocycles.